The summed E-state index contributed by atoms with van der Waals surface area (Å²) in [6, 6.07) is 0.713. The van der Waals surface area contributed by atoms with Crippen LogP contribution in [0.5, 0.6) is 0 Å². The third-order valence-corrected chi connectivity index (χ3v) is 4.15. The van der Waals surface area contributed by atoms with Crippen molar-refractivity contribution in [3.8, 4) is 0 Å². The molecule has 2 aliphatic heterocycles. The van der Waals surface area contributed by atoms with Gasteiger partial charge in [-0.3, -0.25) is 4.90 Å². The van der Waals surface area contributed by atoms with E-state index >= 15 is 0 Å². The van der Waals surface area contributed by atoms with E-state index < -0.39 is 0 Å². The molecule has 2 N–H and O–H groups in total. The van der Waals surface area contributed by atoms with Crippen LogP contribution in [0.1, 0.15) is 27.2 Å². The summed E-state index contributed by atoms with van der Waals surface area (Å²) in [5, 5.41) is 6.02. The number of likely N-dealkylation sites (tertiary alicyclic amines) is 1. The predicted molar refractivity (Wildman–Crippen MR) is 79.7 cm³/mol. The van der Waals surface area contributed by atoms with Gasteiger partial charge >= 0.3 is 6.03 Å². The maximum Gasteiger partial charge on any atom is 0.315 e. The molecule has 1 fully saturated rings. The van der Waals surface area contributed by atoms with E-state index in [4.69, 9.17) is 4.74 Å². The van der Waals surface area contributed by atoms with E-state index in [9.17, 15) is 4.79 Å². The Bertz CT molecular complexity index is 368. The van der Waals surface area contributed by atoms with Gasteiger partial charge < -0.3 is 15.4 Å². The molecule has 0 radical (unpaired) electrons. The molecule has 0 aromatic carbocycles. The van der Waals surface area contributed by atoms with Crippen LogP contribution in [0, 0.1) is 5.92 Å². The normalized spacial score (nSPS) is 27.5. The largest absolute Gasteiger partial charge is 0.377 e. The number of ether oxygens (including phenoxy) is 1. The van der Waals surface area contributed by atoms with E-state index in [2.05, 4.69) is 42.4 Å². The van der Waals surface area contributed by atoms with Crippen LogP contribution in [0.2, 0.25) is 0 Å². The Morgan fingerprint density at radius 3 is 2.90 bits per heavy atom. The summed E-state index contributed by atoms with van der Waals surface area (Å²) >= 11 is 0. The second kappa shape index (κ2) is 7.09. The summed E-state index contributed by atoms with van der Waals surface area (Å²) in [5.74, 6) is 0.500. The van der Waals surface area contributed by atoms with Crippen LogP contribution < -0.4 is 10.6 Å². The van der Waals surface area contributed by atoms with Gasteiger partial charge in [0.2, 0.25) is 0 Å². The predicted octanol–water partition coefficient (Wildman–Crippen LogP) is 1.36. The first-order valence-corrected chi connectivity index (χ1v) is 7.60. The van der Waals surface area contributed by atoms with Gasteiger partial charge in [0.05, 0.1) is 13.2 Å². The number of nitrogens with one attached hydrogen (secondary N) is 2. The zero-order valence-corrected chi connectivity index (χ0v) is 12.8. The molecule has 0 spiro atoms. The number of hydrogen-bond donors (Lipinski definition) is 2. The van der Waals surface area contributed by atoms with E-state index in [0.717, 1.165) is 31.7 Å². The van der Waals surface area contributed by atoms with Crippen molar-refractivity contribution in [3.05, 3.63) is 11.6 Å². The quantitative estimate of drug-likeness (QED) is 0.765. The summed E-state index contributed by atoms with van der Waals surface area (Å²) in [6.07, 6.45) is 3.10. The number of amides is 2. The van der Waals surface area contributed by atoms with Crippen LogP contribution >= 0.6 is 0 Å². The zero-order valence-electron chi connectivity index (χ0n) is 12.8. The minimum Gasteiger partial charge on any atom is -0.377 e. The number of urea groups is 1. The highest BCUT2D eigenvalue weighted by atomic mass is 16.5. The summed E-state index contributed by atoms with van der Waals surface area (Å²) in [5.41, 5.74) is 1.16. The van der Waals surface area contributed by atoms with E-state index in [0.29, 0.717) is 25.1 Å². The van der Waals surface area contributed by atoms with Gasteiger partial charge in [0.15, 0.2) is 0 Å². The van der Waals surface area contributed by atoms with Gasteiger partial charge in [-0.15, -0.1) is 0 Å². The first-order valence-electron chi connectivity index (χ1n) is 7.60. The molecular formula is C15H27N3O2. The van der Waals surface area contributed by atoms with E-state index in [-0.39, 0.29) is 12.1 Å². The first kappa shape index (κ1) is 15.3. The van der Waals surface area contributed by atoms with E-state index in [1.54, 1.807) is 0 Å². The molecule has 5 nitrogen and oxygen atoms in total. The number of carbonyl (C=O) groups is 1. The van der Waals surface area contributed by atoms with Crippen molar-refractivity contribution >= 4 is 6.03 Å². The highest BCUT2D eigenvalue weighted by molar-refractivity contribution is 5.74. The molecule has 0 aromatic rings. The smallest absolute Gasteiger partial charge is 0.315 e. The molecule has 1 saturated heterocycles. The number of hydrogen-bond acceptors (Lipinski definition) is 3. The van der Waals surface area contributed by atoms with E-state index in [1.165, 1.54) is 0 Å². The molecule has 2 atom stereocenters. The average Bonchev–Trinajstić information content (AvgIpc) is 2.79. The first-order chi connectivity index (χ1) is 9.56. The van der Waals surface area contributed by atoms with Crippen LogP contribution in [-0.2, 0) is 4.74 Å². The van der Waals surface area contributed by atoms with Crippen LogP contribution in [0.3, 0.4) is 0 Å². The van der Waals surface area contributed by atoms with Crippen LogP contribution in [0.15, 0.2) is 11.6 Å². The zero-order chi connectivity index (χ0) is 14.5. The fraction of sp³-hybridized carbons (Fsp3) is 0.800. The average molecular weight is 281 g/mol. The molecular weight excluding hydrogens is 254 g/mol. The minimum atomic E-state index is -0.0704. The maximum atomic E-state index is 12.0. The highest BCUT2D eigenvalue weighted by Crippen LogP contribution is 2.18. The molecule has 2 unspecified atom stereocenters. The molecule has 0 saturated carbocycles. The lowest BCUT2D eigenvalue weighted by Gasteiger charge is -2.21. The molecule has 2 amide bonds. The third kappa shape index (κ3) is 4.21. The van der Waals surface area contributed by atoms with Crippen molar-refractivity contribution in [1.29, 1.82) is 0 Å². The second-order valence-corrected chi connectivity index (χ2v) is 6.16. The lowest BCUT2D eigenvalue weighted by atomic mass is 10.1. The number of carbonyl (C=O) groups excluding carboxylic acids is 1. The molecule has 114 valence electrons. The van der Waals surface area contributed by atoms with Gasteiger partial charge in [-0.05, 0) is 31.8 Å². The second-order valence-electron chi connectivity index (χ2n) is 6.16. The van der Waals surface area contributed by atoms with Gasteiger partial charge in [-0.1, -0.05) is 13.0 Å². The maximum absolute atomic E-state index is 12.0. The van der Waals surface area contributed by atoms with Gasteiger partial charge in [0.25, 0.3) is 0 Å². The van der Waals surface area contributed by atoms with Crippen LogP contribution in [-0.4, -0.2) is 55.9 Å². The lowest BCUT2D eigenvalue weighted by molar-refractivity contribution is 0.149. The Morgan fingerprint density at radius 1 is 1.50 bits per heavy atom. The number of rotatable bonds is 4. The van der Waals surface area contributed by atoms with Crippen molar-refractivity contribution in [1.82, 2.24) is 15.5 Å². The van der Waals surface area contributed by atoms with Crippen LogP contribution in [0.4, 0.5) is 4.79 Å². The van der Waals surface area contributed by atoms with Crippen molar-refractivity contribution < 1.29 is 9.53 Å². The summed E-state index contributed by atoms with van der Waals surface area (Å²) < 4.78 is 5.36. The molecule has 5 heteroatoms. The fourth-order valence-electron chi connectivity index (χ4n) is 2.76. The molecule has 2 heterocycles. The summed E-state index contributed by atoms with van der Waals surface area (Å²) in [6.45, 7) is 10.6. The summed E-state index contributed by atoms with van der Waals surface area (Å²) in [4.78, 5) is 14.4. The van der Waals surface area contributed by atoms with Gasteiger partial charge in [0, 0.05) is 31.7 Å². The molecule has 2 rings (SSSR count). The fourth-order valence-corrected chi connectivity index (χ4v) is 2.76. The van der Waals surface area contributed by atoms with Gasteiger partial charge in [-0.2, -0.15) is 0 Å². The van der Waals surface area contributed by atoms with Crippen molar-refractivity contribution in [2.24, 2.45) is 5.92 Å². The summed E-state index contributed by atoms with van der Waals surface area (Å²) in [7, 11) is 0. The monoisotopic (exact) mass is 281 g/mol. The van der Waals surface area contributed by atoms with Gasteiger partial charge in [-0.25, -0.2) is 4.79 Å². The molecule has 2 aliphatic rings. The highest BCUT2D eigenvalue weighted by Gasteiger charge is 2.31. The lowest BCUT2D eigenvalue weighted by Crippen LogP contribution is -2.46. The molecule has 0 aliphatic carbocycles. The third-order valence-electron chi connectivity index (χ3n) is 4.15. The van der Waals surface area contributed by atoms with Crippen molar-refractivity contribution in [2.45, 2.75) is 39.3 Å². The minimum absolute atomic E-state index is 0.0704. The molecule has 0 aromatic heterocycles. The number of nitrogens with zero attached hydrogens (tertiary/aromatic N) is 1. The topological polar surface area (TPSA) is 53.6 Å². The molecule has 0 bridgehead atoms. The Hall–Kier alpha value is -1.07. The Labute approximate surface area is 121 Å². The van der Waals surface area contributed by atoms with E-state index in [1.807, 2.05) is 0 Å². The Morgan fingerprint density at radius 2 is 2.30 bits per heavy atom. The Kier molecular flexibility index (Phi) is 5.43. The van der Waals surface area contributed by atoms with Crippen LogP contribution in [0.25, 0.3) is 0 Å². The Balaban J connectivity index is 1.73. The van der Waals surface area contributed by atoms with Crippen molar-refractivity contribution in [2.75, 3.05) is 32.8 Å². The molecule has 20 heavy (non-hydrogen) atoms. The van der Waals surface area contributed by atoms with Gasteiger partial charge in [0.1, 0.15) is 0 Å². The standard InChI is InChI=1S/C15H27N3O2/c1-11(2)18-8-12(3)14(9-18)17-15(19)16-7-13-5-4-6-20-10-13/h5,11-12,14H,4,6-10H2,1-3H3,(H2,16,17,19). The SMILES string of the molecule is CC1CN(C(C)C)CC1NC(=O)NCC1=CCCOC1. The van der Waals surface area contributed by atoms with Crippen molar-refractivity contribution in [3.63, 3.8) is 0 Å².